The summed E-state index contributed by atoms with van der Waals surface area (Å²) in [6.07, 6.45) is 0. The maximum atomic E-state index is 13.5. The first-order valence-electron chi connectivity index (χ1n) is 10.6. The molecule has 0 spiro atoms. The van der Waals surface area contributed by atoms with Gasteiger partial charge in [0.05, 0.1) is 11.3 Å². The van der Waals surface area contributed by atoms with E-state index in [1.165, 1.54) is 22.5 Å². The first-order chi connectivity index (χ1) is 15.5. The molecular weight excluding hydrogens is 465 g/mol. The summed E-state index contributed by atoms with van der Waals surface area (Å²) in [6.45, 7) is 9.85. The Kier molecular flexibility index (Phi) is 9.42. The van der Waals surface area contributed by atoms with Crippen molar-refractivity contribution in [3.8, 4) is 5.75 Å². The summed E-state index contributed by atoms with van der Waals surface area (Å²) in [5.41, 5.74) is 3.29. The fourth-order valence-corrected chi connectivity index (χ4v) is 4.90. The second-order valence-electron chi connectivity index (χ2n) is 8.49. The topological polar surface area (TPSA) is 97.0 Å². The van der Waals surface area contributed by atoms with Gasteiger partial charge in [-0.15, -0.1) is 0 Å². The van der Waals surface area contributed by atoms with Crippen molar-refractivity contribution >= 4 is 51.2 Å². The number of carbonyl (C=O) groups is 1. The predicted molar refractivity (Wildman–Crippen MR) is 134 cm³/mol. The van der Waals surface area contributed by atoms with Crippen molar-refractivity contribution in [2.75, 3.05) is 10.8 Å². The van der Waals surface area contributed by atoms with Crippen LogP contribution in [0.3, 0.4) is 0 Å². The third-order valence-corrected chi connectivity index (χ3v) is 6.88. The fraction of sp³-hybridized carbons (Fsp3) is 0.320. The van der Waals surface area contributed by atoms with Gasteiger partial charge in [-0.05, 0) is 79.8 Å². The van der Waals surface area contributed by atoms with Gasteiger partial charge in [-0.25, -0.2) is 4.79 Å². The molecule has 1 N–H and O–H groups in total. The van der Waals surface area contributed by atoms with E-state index < -0.39 is 16.0 Å². The van der Waals surface area contributed by atoms with Crippen molar-refractivity contribution in [2.24, 2.45) is 5.92 Å². The zero-order valence-corrected chi connectivity index (χ0v) is 20.3. The van der Waals surface area contributed by atoms with Crippen LogP contribution in [0.25, 0.3) is 0 Å². The number of benzene rings is 2. The normalized spacial score (nSPS) is 11.2. The molecule has 0 atom stereocenters. The van der Waals surface area contributed by atoms with E-state index >= 15 is 0 Å². The summed E-state index contributed by atoms with van der Waals surface area (Å²) < 4.78 is 39.9. The Morgan fingerprint density at radius 1 is 1.03 bits per heavy atom. The number of carboxylic acid groups (broad SMARTS) is 1. The van der Waals surface area contributed by atoms with Gasteiger partial charge in [0.15, 0.2) is 0 Å². The summed E-state index contributed by atoms with van der Waals surface area (Å²) >= 11 is 0. The number of carboxylic acids is 1. The SMILES string of the molecule is Cc1ccc(S(=O)(=O)N(CC(C)C)c2cc(C)c(C)cc2OCc2ccc(C(=O)O)cc2)o1.[NaH]. The van der Waals surface area contributed by atoms with Crippen LogP contribution >= 0.6 is 0 Å². The molecule has 3 rings (SSSR count). The zero-order valence-electron chi connectivity index (χ0n) is 19.5. The summed E-state index contributed by atoms with van der Waals surface area (Å²) in [5, 5.41) is 8.96. The van der Waals surface area contributed by atoms with Crippen LogP contribution in [0.1, 0.15) is 46.7 Å². The molecule has 1 aromatic heterocycles. The molecule has 0 bridgehead atoms. The van der Waals surface area contributed by atoms with Crippen LogP contribution in [0, 0.1) is 26.7 Å². The summed E-state index contributed by atoms with van der Waals surface area (Å²) in [7, 11) is -3.96. The van der Waals surface area contributed by atoms with Crippen molar-refractivity contribution in [1.82, 2.24) is 0 Å². The number of hydrogen-bond donors (Lipinski definition) is 1. The molecule has 0 fully saturated rings. The van der Waals surface area contributed by atoms with Gasteiger partial charge in [0.1, 0.15) is 18.1 Å². The van der Waals surface area contributed by atoms with Gasteiger partial charge in [-0.3, -0.25) is 4.31 Å². The van der Waals surface area contributed by atoms with E-state index in [9.17, 15) is 13.2 Å². The Morgan fingerprint density at radius 2 is 1.65 bits per heavy atom. The van der Waals surface area contributed by atoms with Crippen LogP contribution < -0.4 is 9.04 Å². The number of ether oxygens (including phenoxy) is 1. The van der Waals surface area contributed by atoms with Gasteiger partial charge in [0.2, 0.25) is 5.09 Å². The molecule has 178 valence electrons. The maximum absolute atomic E-state index is 13.5. The number of furan rings is 1. The second-order valence-corrected chi connectivity index (χ2v) is 10.3. The molecule has 0 aliphatic heterocycles. The third-order valence-electron chi connectivity index (χ3n) is 5.23. The Hall–Kier alpha value is -2.26. The Bertz CT molecular complexity index is 1250. The van der Waals surface area contributed by atoms with Gasteiger partial charge in [0, 0.05) is 6.54 Å². The van der Waals surface area contributed by atoms with Crippen LogP contribution in [-0.2, 0) is 16.6 Å². The molecule has 34 heavy (non-hydrogen) atoms. The van der Waals surface area contributed by atoms with Crippen LogP contribution in [0.15, 0.2) is 58.0 Å². The average molecular weight is 496 g/mol. The van der Waals surface area contributed by atoms with E-state index in [4.69, 9.17) is 14.3 Å². The molecular formula is C25H30NNaO6S. The molecule has 1 heterocycles. The number of nitrogens with zero attached hydrogens (tertiary/aromatic N) is 1. The Morgan fingerprint density at radius 3 is 2.18 bits per heavy atom. The van der Waals surface area contributed by atoms with E-state index in [0.717, 1.165) is 16.7 Å². The molecule has 9 heteroatoms. The summed E-state index contributed by atoms with van der Waals surface area (Å²) in [4.78, 5) is 11.1. The van der Waals surface area contributed by atoms with Crippen molar-refractivity contribution in [2.45, 2.75) is 46.3 Å². The summed E-state index contributed by atoms with van der Waals surface area (Å²) in [5.74, 6) is -0.0113. The number of aromatic carboxylic acids is 1. The molecule has 0 unspecified atom stereocenters. The van der Waals surface area contributed by atoms with Crippen molar-refractivity contribution < 1.29 is 27.5 Å². The molecule has 2 aromatic carbocycles. The number of anilines is 1. The zero-order chi connectivity index (χ0) is 24.3. The molecule has 0 amide bonds. The van der Waals surface area contributed by atoms with E-state index in [-0.39, 0.29) is 59.3 Å². The first-order valence-corrected chi connectivity index (χ1v) is 12.1. The summed E-state index contributed by atoms with van der Waals surface area (Å²) in [6, 6.07) is 13.1. The van der Waals surface area contributed by atoms with Crippen LogP contribution in [0.4, 0.5) is 5.69 Å². The van der Waals surface area contributed by atoms with Crippen molar-refractivity contribution in [3.05, 3.63) is 76.5 Å². The molecule has 3 aromatic rings. The molecule has 0 radical (unpaired) electrons. The van der Waals surface area contributed by atoms with E-state index in [0.29, 0.717) is 17.2 Å². The van der Waals surface area contributed by atoms with Gasteiger partial charge < -0.3 is 14.3 Å². The van der Waals surface area contributed by atoms with Crippen LogP contribution in [0.2, 0.25) is 0 Å². The van der Waals surface area contributed by atoms with Crippen LogP contribution in [0.5, 0.6) is 5.75 Å². The third kappa shape index (κ3) is 6.44. The van der Waals surface area contributed by atoms with E-state index in [1.54, 1.807) is 25.1 Å². The number of aryl methyl sites for hydroxylation is 3. The number of rotatable bonds is 9. The molecule has 0 saturated carbocycles. The fourth-order valence-electron chi connectivity index (χ4n) is 3.31. The van der Waals surface area contributed by atoms with Gasteiger partial charge in [-0.1, -0.05) is 26.0 Å². The quantitative estimate of drug-likeness (QED) is 0.433. The number of hydrogen-bond acceptors (Lipinski definition) is 5. The predicted octanol–water partition coefficient (Wildman–Crippen LogP) is 4.68. The van der Waals surface area contributed by atoms with Crippen LogP contribution in [-0.4, -0.2) is 55.6 Å². The first kappa shape index (κ1) is 28.0. The van der Waals surface area contributed by atoms with Gasteiger partial charge in [0.25, 0.3) is 10.0 Å². The van der Waals surface area contributed by atoms with Crippen molar-refractivity contribution in [1.29, 1.82) is 0 Å². The van der Waals surface area contributed by atoms with E-state index in [1.807, 2.05) is 39.8 Å². The molecule has 0 aliphatic rings. The Labute approximate surface area is 223 Å². The monoisotopic (exact) mass is 495 g/mol. The minimum atomic E-state index is -3.96. The number of sulfonamides is 1. The standard InChI is InChI=1S/C25H29NO6S.Na.H/c1-16(2)14-26(33(29,30)24-11-6-19(5)32-24)22-12-17(3)18(4)13-23(22)31-15-20-7-9-21(10-8-20)25(27)28;;/h6-13,16H,14-15H2,1-5H3,(H,27,28);;. The van der Waals surface area contributed by atoms with Crippen molar-refractivity contribution in [3.63, 3.8) is 0 Å². The van der Waals surface area contributed by atoms with Gasteiger partial charge in [-0.2, -0.15) is 8.42 Å². The van der Waals surface area contributed by atoms with Gasteiger partial charge >= 0.3 is 35.5 Å². The van der Waals surface area contributed by atoms with E-state index in [2.05, 4.69) is 0 Å². The molecule has 0 saturated heterocycles. The molecule has 0 aliphatic carbocycles. The average Bonchev–Trinajstić information content (AvgIpc) is 3.20. The molecule has 7 nitrogen and oxygen atoms in total. The second kappa shape index (κ2) is 11.4. The Balaban J connectivity index is 0.00000408. The minimum absolute atomic E-state index is 0.